The summed E-state index contributed by atoms with van der Waals surface area (Å²) < 4.78 is 1.03. The molecule has 1 aromatic carbocycles. The van der Waals surface area contributed by atoms with Gasteiger partial charge < -0.3 is 10.0 Å². The monoisotopic (exact) mass is 283 g/mol. The van der Waals surface area contributed by atoms with E-state index in [1.54, 1.807) is 0 Å². The molecule has 1 saturated heterocycles. The zero-order valence-electron chi connectivity index (χ0n) is 9.78. The first kappa shape index (κ1) is 11.9. The highest BCUT2D eigenvalue weighted by Gasteiger charge is 2.27. The summed E-state index contributed by atoms with van der Waals surface area (Å²) in [7, 11) is 0. The highest BCUT2D eigenvalue weighted by Crippen LogP contribution is 2.31. The van der Waals surface area contributed by atoms with Crippen molar-refractivity contribution in [3.05, 3.63) is 28.2 Å². The van der Waals surface area contributed by atoms with Crippen LogP contribution in [0.5, 0.6) is 0 Å². The standard InChI is InChI=1S/C13H18BrNO/c1-9-6-15(7-10(9)2)13-4-3-12(14)5-11(13)8-16/h3-5,9-10,16H,6-8H2,1-2H3. The first-order valence-corrected chi connectivity index (χ1v) is 6.55. The second-order valence-corrected chi connectivity index (χ2v) is 5.71. The molecule has 3 heteroatoms. The molecular weight excluding hydrogens is 266 g/mol. The Hall–Kier alpha value is -0.540. The number of nitrogens with zero attached hydrogens (tertiary/aromatic N) is 1. The maximum atomic E-state index is 9.39. The van der Waals surface area contributed by atoms with Gasteiger partial charge in [0.1, 0.15) is 0 Å². The molecule has 88 valence electrons. The highest BCUT2D eigenvalue weighted by molar-refractivity contribution is 9.10. The van der Waals surface area contributed by atoms with E-state index in [1.807, 2.05) is 12.1 Å². The van der Waals surface area contributed by atoms with Gasteiger partial charge in [0.15, 0.2) is 0 Å². The minimum atomic E-state index is 0.105. The van der Waals surface area contributed by atoms with Crippen LogP contribution in [0.15, 0.2) is 22.7 Å². The van der Waals surface area contributed by atoms with Crippen molar-refractivity contribution in [1.82, 2.24) is 0 Å². The van der Waals surface area contributed by atoms with Gasteiger partial charge >= 0.3 is 0 Å². The number of benzene rings is 1. The number of aliphatic hydroxyl groups is 1. The fourth-order valence-electron chi connectivity index (χ4n) is 2.32. The molecule has 2 atom stereocenters. The van der Waals surface area contributed by atoms with Crippen LogP contribution in [0.25, 0.3) is 0 Å². The summed E-state index contributed by atoms with van der Waals surface area (Å²) in [6.07, 6.45) is 0. The number of hydrogen-bond donors (Lipinski definition) is 1. The van der Waals surface area contributed by atoms with Crippen LogP contribution in [0.1, 0.15) is 19.4 Å². The van der Waals surface area contributed by atoms with Crippen LogP contribution in [-0.2, 0) is 6.61 Å². The summed E-state index contributed by atoms with van der Waals surface area (Å²) in [5.41, 5.74) is 2.19. The van der Waals surface area contributed by atoms with Crippen molar-refractivity contribution in [1.29, 1.82) is 0 Å². The van der Waals surface area contributed by atoms with Crippen molar-refractivity contribution in [2.45, 2.75) is 20.5 Å². The highest BCUT2D eigenvalue weighted by atomic mass is 79.9. The van der Waals surface area contributed by atoms with Gasteiger partial charge in [-0.05, 0) is 30.0 Å². The van der Waals surface area contributed by atoms with Gasteiger partial charge in [0.05, 0.1) is 6.61 Å². The SMILES string of the molecule is CC1CN(c2ccc(Br)cc2CO)CC1C. The van der Waals surface area contributed by atoms with Gasteiger partial charge in [-0.2, -0.15) is 0 Å². The van der Waals surface area contributed by atoms with Crippen molar-refractivity contribution in [2.24, 2.45) is 11.8 Å². The molecule has 0 bridgehead atoms. The first-order chi connectivity index (χ1) is 7.61. The number of rotatable bonds is 2. The molecular formula is C13H18BrNO. The van der Waals surface area contributed by atoms with Crippen molar-refractivity contribution in [3.8, 4) is 0 Å². The Morgan fingerprint density at radius 3 is 2.50 bits per heavy atom. The van der Waals surface area contributed by atoms with E-state index in [2.05, 4.69) is 40.7 Å². The van der Waals surface area contributed by atoms with Gasteiger partial charge in [-0.3, -0.25) is 0 Å². The maximum Gasteiger partial charge on any atom is 0.0702 e. The summed E-state index contributed by atoms with van der Waals surface area (Å²) in [5.74, 6) is 1.46. The van der Waals surface area contributed by atoms with E-state index in [0.29, 0.717) is 0 Å². The van der Waals surface area contributed by atoms with Gasteiger partial charge in [0.2, 0.25) is 0 Å². The van der Waals surface area contributed by atoms with E-state index in [-0.39, 0.29) is 6.61 Å². The quantitative estimate of drug-likeness (QED) is 0.902. The van der Waals surface area contributed by atoms with Crippen LogP contribution in [0, 0.1) is 11.8 Å². The molecule has 1 aliphatic rings. The molecule has 0 radical (unpaired) electrons. The molecule has 0 spiro atoms. The molecule has 1 aromatic rings. The number of aliphatic hydroxyl groups excluding tert-OH is 1. The van der Waals surface area contributed by atoms with Crippen LogP contribution in [-0.4, -0.2) is 18.2 Å². The third kappa shape index (κ3) is 2.25. The molecule has 1 aliphatic heterocycles. The lowest BCUT2D eigenvalue weighted by Crippen LogP contribution is -2.21. The first-order valence-electron chi connectivity index (χ1n) is 5.76. The predicted octanol–water partition coefficient (Wildman–Crippen LogP) is 3.03. The molecule has 0 aromatic heterocycles. The van der Waals surface area contributed by atoms with Gasteiger partial charge in [-0.1, -0.05) is 29.8 Å². The van der Waals surface area contributed by atoms with Crippen molar-refractivity contribution in [2.75, 3.05) is 18.0 Å². The minimum absolute atomic E-state index is 0.105. The molecule has 1 fully saturated rings. The molecule has 0 amide bonds. The van der Waals surface area contributed by atoms with E-state index in [1.165, 1.54) is 5.69 Å². The Morgan fingerprint density at radius 1 is 1.31 bits per heavy atom. The number of hydrogen-bond acceptors (Lipinski definition) is 2. The molecule has 16 heavy (non-hydrogen) atoms. The van der Waals surface area contributed by atoms with E-state index in [9.17, 15) is 5.11 Å². The third-order valence-corrected chi connectivity index (χ3v) is 4.03. The number of anilines is 1. The summed E-state index contributed by atoms with van der Waals surface area (Å²) in [4.78, 5) is 2.38. The van der Waals surface area contributed by atoms with Gasteiger partial charge in [0, 0.05) is 28.8 Å². The molecule has 2 unspecified atom stereocenters. The Bertz CT molecular complexity index is 370. The molecule has 2 rings (SSSR count). The lowest BCUT2D eigenvalue weighted by atomic mass is 10.0. The van der Waals surface area contributed by atoms with Gasteiger partial charge in [0.25, 0.3) is 0 Å². The largest absolute Gasteiger partial charge is 0.392 e. The Labute approximate surface area is 105 Å². The third-order valence-electron chi connectivity index (χ3n) is 3.54. The second kappa shape index (κ2) is 4.76. The Morgan fingerprint density at radius 2 is 1.94 bits per heavy atom. The predicted molar refractivity (Wildman–Crippen MR) is 70.6 cm³/mol. The molecule has 1 N–H and O–H groups in total. The van der Waals surface area contributed by atoms with Crippen LogP contribution in [0.3, 0.4) is 0 Å². The maximum absolute atomic E-state index is 9.39. The van der Waals surface area contributed by atoms with E-state index in [4.69, 9.17) is 0 Å². The molecule has 2 nitrogen and oxygen atoms in total. The zero-order chi connectivity index (χ0) is 11.7. The van der Waals surface area contributed by atoms with Gasteiger partial charge in [-0.25, -0.2) is 0 Å². The summed E-state index contributed by atoms with van der Waals surface area (Å²) in [6.45, 7) is 6.88. The van der Waals surface area contributed by atoms with E-state index < -0.39 is 0 Å². The fourth-order valence-corrected chi connectivity index (χ4v) is 2.72. The Balaban J connectivity index is 2.27. The second-order valence-electron chi connectivity index (χ2n) is 4.79. The molecule has 0 aliphatic carbocycles. The lowest BCUT2D eigenvalue weighted by molar-refractivity contribution is 0.282. The Kier molecular flexibility index (Phi) is 3.55. The van der Waals surface area contributed by atoms with E-state index in [0.717, 1.165) is 35.0 Å². The fraction of sp³-hybridized carbons (Fsp3) is 0.538. The van der Waals surface area contributed by atoms with Crippen LogP contribution in [0.4, 0.5) is 5.69 Å². The molecule has 1 heterocycles. The number of halogens is 1. The van der Waals surface area contributed by atoms with Crippen LogP contribution >= 0.6 is 15.9 Å². The average Bonchev–Trinajstić information content (AvgIpc) is 2.59. The topological polar surface area (TPSA) is 23.5 Å². The summed E-state index contributed by atoms with van der Waals surface area (Å²) >= 11 is 3.44. The van der Waals surface area contributed by atoms with Crippen LogP contribution < -0.4 is 4.90 Å². The van der Waals surface area contributed by atoms with Crippen LogP contribution in [0.2, 0.25) is 0 Å². The van der Waals surface area contributed by atoms with Gasteiger partial charge in [-0.15, -0.1) is 0 Å². The summed E-state index contributed by atoms with van der Waals surface area (Å²) in [6, 6.07) is 6.14. The van der Waals surface area contributed by atoms with Crippen molar-refractivity contribution >= 4 is 21.6 Å². The normalized spacial score (nSPS) is 25.1. The zero-order valence-corrected chi connectivity index (χ0v) is 11.4. The lowest BCUT2D eigenvalue weighted by Gasteiger charge is -2.21. The minimum Gasteiger partial charge on any atom is -0.392 e. The van der Waals surface area contributed by atoms with Crippen molar-refractivity contribution in [3.63, 3.8) is 0 Å². The smallest absolute Gasteiger partial charge is 0.0702 e. The van der Waals surface area contributed by atoms with Crippen molar-refractivity contribution < 1.29 is 5.11 Å². The summed E-state index contributed by atoms with van der Waals surface area (Å²) in [5, 5.41) is 9.39. The molecule has 0 saturated carbocycles. The van der Waals surface area contributed by atoms with E-state index >= 15 is 0 Å². The average molecular weight is 284 g/mol.